The summed E-state index contributed by atoms with van der Waals surface area (Å²) in [5, 5.41) is -0.0892. The van der Waals surface area contributed by atoms with Crippen LogP contribution in [-0.4, -0.2) is 22.1 Å². The van der Waals surface area contributed by atoms with Gasteiger partial charge in [-0.2, -0.15) is 13.2 Å². The molecule has 0 radical (unpaired) electrons. The highest BCUT2D eigenvalue weighted by molar-refractivity contribution is 7.92. The van der Waals surface area contributed by atoms with Crippen LogP contribution in [0.1, 0.15) is 18.1 Å². The zero-order chi connectivity index (χ0) is 19.7. The van der Waals surface area contributed by atoms with Crippen LogP contribution in [0.15, 0.2) is 41.3 Å². The Balaban J connectivity index is 2.59. The number of sulfonamides is 1. The van der Waals surface area contributed by atoms with E-state index in [1.54, 1.807) is 6.92 Å². The van der Waals surface area contributed by atoms with Crippen molar-refractivity contribution in [2.75, 3.05) is 18.0 Å². The lowest BCUT2D eigenvalue weighted by Gasteiger charge is -2.25. The lowest BCUT2D eigenvalue weighted by molar-refractivity contribution is -0.137. The molecule has 0 saturated carbocycles. The lowest BCUT2D eigenvalue weighted by Crippen LogP contribution is -2.31. The Hall–Kier alpha value is -1.93. The first kappa shape index (κ1) is 20.4. The molecule has 2 aromatic carbocycles. The summed E-state index contributed by atoms with van der Waals surface area (Å²) in [7, 11) is -2.65. The average molecular weight is 408 g/mol. The molecular formula is C17H17ClF3NO3S. The van der Waals surface area contributed by atoms with E-state index in [2.05, 4.69) is 0 Å². The molecule has 0 aliphatic rings. The number of hydrogen-bond donors (Lipinski definition) is 0. The normalized spacial score (nSPS) is 12.1. The summed E-state index contributed by atoms with van der Waals surface area (Å²) >= 11 is 6.00. The van der Waals surface area contributed by atoms with Crippen LogP contribution < -0.4 is 9.04 Å². The Morgan fingerprint density at radius 3 is 2.31 bits per heavy atom. The molecule has 0 atom stereocenters. The van der Waals surface area contributed by atoms with E-state index in [0.29, 0.717) is 11.3 Å². The number of halogens is 4. The second kappa shape index (κ2) is 7.36. The number of anilines is 1. The van der Waals surface area contributed by atoms with Crippen LogP contribution in [-0.2, 0) is 16.2 Å². The van der Waals surface area contributed by atoms with Crippen LogP contribution in [0, 0.1) is 6.92 Å². The van der Waals surface area contributed by atoms with Crippen LogP contribution in [0.4, 0.5) is 18.9 Å². The molecule has 0 aliphatic heterocycles. The van der Waals surface area contributed by atoms with Crippen molar-refractivity contribution in [3.63, 3.8) is 0 Å². The second-order valence-electron chi connectivity index (χ2n) is 5.47. The maximum atomic E-state index is 13.0. The van der Waals surface area contributed by atoms with E-state index in [1.807, 2.05) is 0 Å². The number of aryl methyl sites for hydroxylation is 1. The topological polar surface area (TPSA) is 46.6 Å². The van der Waals surface area contributed by atoms with Gasteiger partial charge in [-0.25, -0.2) is 8.42 Å². The first-order valence-corrected chi connectivity index (χ1v) is 9.38. The predicted molar refractivity (Wildman–Crippen MR) is 94.4 cm³/mol. The molecule has 0 heterocycles. The van der Waals surface area contributed by atoms with Gasteiger partial charge in [0.15, 0.2) is 0 Å². The molecule has 4 nitrogen and oxygen atoms in total. The van der Waals surface area contributed by atoms with Gasteiger partial charge < -0.3 is 4.74 Å². The van der Waals surface area contributed by atoms with Gasteiger partial charge in [-0.1, -0.05) is 11.6 Å². The Kier molecular flexibility index (Phi) is 5.77. The van der Waals surface area contributed by atoms with E-state index >= 15 is 0 Å². The van der Waals surface area contributed by atoms with Gasteiger partial charge in [0.25, 0.3) is 10.0 Å². The highest BCUT2D eigenvalue weighted by atomic mass is 35.5. The Morgan fingerprint density at radius 2 is 1.81 bits per heavy atom. The van der Waals surface area contributed by atoms with Gasteiger partial charge in [0.2, 0.25) is 0 Å². The van der Waals surface area contributed by atoms with Crippen LogP contribution in [0.3, 0.4) is 0 Å². The lowest BCUT2D eigenvalue weighted by atomic mass is 10.2. The second-order valence-corrected chi connectivity index (χ2v) is 7.73. The highest BCUT2D eigenvalue weighted by Gasteiger charge is 2.33. The summed E-state index contributed by atoms with van der Waals surface area (Å²) in [6, 6.07) is 6.81. The first-order valence-electron chi connectivity index (χ1n) is 7.56. The highest BCUT2D eigenvalue weighted by Crippen LogP contribution is 2.37. The minimum Gasteiger partial charge on any atom is -0.496 e. The number of nitrogens with zero attached hydrogens (tertiary/aromatic N) is 1. The fourth-order valence-electron chi connectivity index (χ4n) is 2.49. The van der Waals surface area contributed by atoms with Gasteiger partial charge in [-0.05, 0) is 55.8 Å². The maximum absolute atomic E-state index is 13.0. The summed E-state index contributed by atoms with van der Waals surface area (Å²) in [5.74, 6) is 0.504. The zero-order valence-corrected chi connectivity index (χ0v) is 15.8. The number of benzene rings is 2. The molecule has 0 spiro atoms. The largest absolute Gasteiger partial charge is 0.496 e. The zero-order valence-electron chi connectivity index (χ0n) is 14.3. The van der Waals surface area contributed by atoms with Gasteiger partial charge in [-0.3, -0.25) is 4.31 Å². The number of ether oxygens (including phenoxy) is 1. The first-order chi connectivity index (χ1) is 12.0. The fraction of sp³-hybridized carbons (Fsp3) is 0.294. The summed E-state index contributed by atoms with van der Waals surface area (Å²) in [6.07, 6.45) is -4.61. The maximum Gasteiger partial charge on any atom is 0.416 e. The van der Waals surface area contributed by atoms with E-state index in [1.165, 1.54) is 32.2 Å². The monoisotopic (exact) mass is 407 g/mol. The molecule has 0 fully saturated rings. The summed E-state index contributed by atoms with van der Waals surface area (Å²) in [5.41, 5.74) is -0.617. The third kappa shape index (κ3) is 3.91. The van der Waals surface area contributed by atoms with Crippen LogP contribution in [0.5, 0.6) is 5.75 Å². The molecule has 2 aromatic rings. The summed E-state index contributed by atoms with van der Waals surface area (Å²) in [6.45, 7) is 3.10. The third-order valence-corrected chi connectivity index (χ3v) is 5.99. The van der Waals surface area contributed by atoms with Crippen molar-refractivity contribution in [1.82, 2.24) is 0 Å². The molecule has 142 valence electrons. The van der Waals surface area contributed by atoms with E-state index in [-0.39, 0.29) is 22.2 Å². The minimum absolute atomic E-state index is 0.0638. The fourth-order valence-corrected chi connectivity index (χ4v) is 4.33. The summed E-state index contributed by atoms with van der Waals surface area (Å²) in [4.78, 5) is -0.0638. The van der Waals surface area contributed by atoms with Crippen LogP contribution in [0.2, 0.25) is 5.02 Å². The Morgan fingerprint density at radius 1 is 1.15 bits per heavy atom. The molecule has 0 aromatic heterocycles. The third-order valence-electron chi connectivity index (χ3n) is 3.78. The van der Waals surface area contributed by atoms with Crippen molar-refractivity contribution in [2.45, 2.75) is 24.9 Å². The van der Waals surface area contributed by atoms with Gasteiger partial charge in [0.1, 0.15) is 5.75 Å². The van der Waals surface area contributed by atoms with Crippen LogP contribution in [0.25, 0.3) is 0 Å². The number of methoxy groups -OCH3 is 1. The molecule has 9 heteroatoms. The van der Waals surface area contributed by atoms with Crippen LogP contribution >= 0.6 is 11.6 Å². The predicted octanol–water partition coefficient (Wildman–Crippen LogP) is 4.89. The van der Waals surface area contributed by atoms with Crippen molar-refractivity contribution in [2.24, 2.45) is 0 Å². The van der Waals surface area contributed by atoms with E-state index in [4.69, 9.17) is 16.3 Å². The quantitative estimate of drug-likeness (QED) is 0.708. The van der Waals surface area contributed by atoms with Crippen molar-refractivity contribution in [1.29, 1.82) is 0 Å². The summed E-state index contributed by atoms with van der Waals surface area (Å²) < 4.78 is 70.9. The van der Waals surface area contributed by atoms with Crippen molar-refractivity contribution >= 4 is 27.3 Å². The number of alkyl halides is 3. The van der Waals surface area contributed by atoms with Crippen molar-refractivity contribution in [3.8, 4) is 5.75 Å². The van der Waals surface area contributed by atoms with E-state index < -0.39 is 21.8 Å². The minimum atomic E-state index is -4.61. The Bertz CT molecular complexity index is 914. The number of rotatable bonds is 5. The molecule has 0 amide bonds. The van der Waals surface area contributed by atoms with Crippen molar-refractivity contribution < 1.29 is 26.3 Å². The SMILES string of the molecule is CCN(c1cc(C(F)(F)F)ccc1Cl)S(=O)(=O)c1ccc(OC)c(C)c1. The van der Waals surface area contributed by atoms with Crippen molar-refractivity contribution in [3.05, 3.63) is 52.5 Å². The van der Waals surface area contributed by atoms with E-state index in [9.17, 15) is 21.6 Å². The van der Waals surface area contributed by atoms with Gasteiger partial charge >= 0.3 is 6.18 Å². The van der Waals surface area contributed by atoms with E-state index in [0.717, 1.165) is 22.5 Å². The number of hydrogen-bond acceptors (Lipinski definition) is 3. The molecule has 0 bridgehead atoms. The molecule has 0 aliphatic carbocycles. The molecule has 0 unspecified atom stereocenters. The molecular weight excluding hydrogens is 391 g/mol. The van der Waals surface area contributed by atoms with Gasteiger partial charge in [-0.15, -0.1) is 0 Å². The van der Waals surface area contributed by atoms with Gasteiger partial charge in [0.05, 0.1) is 28.3 Å². The Labute approximate surface area is 155 Å². The molecule has 0 saturated heterocycles. The molecule has 26 heavy (non-hydrogen) atoms. The standard InChI is InChI=1S/C17H17ClF3NO3S/c1-4-22(15-10-12(17(19,20)21)5-7-14(15)18)26(23,24)13-6-8-16(25-3)11(2)9-13/h5-10H,4H2,1-3H3. The average Bonchev–Trinajstić information content (AvgIpc) is 2.55. The van der Waals surface area contributed by atoms with Gasteiger partial charge in [0, 0.05) is 6.54 Å². The molecule has 0 N–H and O–H groups in total. The molecule has 2 rings (SSSR count). The smallest absolute Gasteiger partial charge is 0.416 e.